The Bertz CT molecular complexity index is 821. The molecule has 4 unspecified atom stereocenters. The van der Waals surface area contributed by atoms with Gasteiger partial charge in [0.1, 0.15) is 12.2 Å². The molecular weight excluding hydrogens is 707 g/mol. The Morgan fingerprint density at radius 1 is 0.421 bits per heavy atom. The highest BCUT2D eigenvalue weighted by molar-refractivity contribution is 5.80. The zero-order chi connectivity index (χ0) is 41.7. The van der Waals surface area contributed by atoms with Gasteiger partial charge in [-0.1, -0.05) is 251 Å². The van der Waals surface area contributed by atoms with Crippen LogP contribution in [0.25, 0.3) is 0 Å². The van der Waals surface area contributed by atoms with Crippen LogP contribution in [0.2, 0.25) is 0 Å². The SMILES string of the molecule is CCCCCCCCCCCCCC/C=C\CCCCCCCCCCCCCCCCCCC(O)C(=O)NC(CO)C(O)C(O)CCCCCCCCCCC. The maximum Gasteiger partial charge on any atom is 0.249 e. The second kappa shape index (κ2) is 46.1. The second-order valence-corrected chi connectivity index (χ2v) is 17.9. The molecule has 6 heteroatoms. The van der Waals surface area contributed by atoms with Gasteiger partial charge < -0.3 is 25.7 Å². The molecule has 5 N–H and O–H groups in total. The highest BCUT2D eigenvalue weighted by Gasteiger charge is 2.28. The summed E-state index contributed by atoms with van der Waals surface area (Å²) in [6, 6.07) is -0.980. The lowest BCUT2D eigenvalue weighted by Gasteiger charge is -2.27. The van der Waals surface area contributed by atoms with Crippen molar-refractivity contribution in [2.24, 2.45) is 0 Å². The van der Waals surface area contributed by atoms with Crippen LogP contribution in [0.1, 0.15) is 277 Å². The third-order valence-electron chi connectivity index (χ3n) is 12.2. The van der Waals surface area contributed by atoms with E-state index in [0.717, 1.165) is 38.5 Å². The van der Waals surface area contributed by atoms with Crippen molar-refractivity contribution in [1.29, 1.82) is 0 Å². The fraction of sp³-hybridized carbons (Fsp3) is 0.941. The summed E-state index contributed by atoms with van der Waals surface area (Å²) in [5.41, 5.74) is 0. The number of aliphatic hydroxyl groups is 4. The van der Waals surface area contributed by atoms with E-state index in [9.17, 15) is 25.2 Å². The summed E-state index contributed by atoms with van der Waals surface area (Å²) in [6.07, 6.45) is 52.9. The van der Waals surface area contributed by atoms with Crippen LogP contribution in [0.5, 0.6) is 0 Å². The molecule has 0 aliphatic carbocycles. The molecule has 0 heterocycles. The number of aliphatic hydroxyl groups excluding tert-OH is 4. The first kappa shape index (κ1) is 56.0. The maximum absolute atomic E-state index is 12.5. The number of nitrogens with one attached hydrogen (secondary N) is 1. The number of amides is 1. The Morgan fingerprint density at radius 2 is 0.702 bits per heavy atom. The predicted octanol–water partition coefficient (Wildman–Crippen LogP) is 14.1. The van der Waals surface area contributed by atoms with Crippen LogP contribution in [-0.4, -0.2) is 57.3 Å². The Balaban J connectivity index is 3.51. The highest BCUT2D eigenvalue weighted by atomic mass is 16.3. The molecule has 0 rings (SSSR count). The quantitative estimate of drug-likeness (QED) is 0.0311. The maximum atomic E-state index is 12.5. The zero-order valence-corrected chi connectivity index (χ0v) is 38.4. The molecule has 340 valence electrons. The second-order valence-electron chi connectivity index (χ2n) is 17.9. The minimum absolute atomic E-state index is 0.373. The fourth-order valence-electron chi connectivity index (χ4n) is 8.17. The molecule has 0 aliphatic heterocycles. The molecule has 0 bridgehead atoms. The molecule has 0 saturated carbocycles. The molecule has 0 saturated heterocycles. The van der Waals surface area contributed by atoms with Gasteiger partial charge in [-0.05, 0) is 38.5 Å². The van der Waals surface area contributed by atoms with Gasteiger partial charge in [0, 0.05) is 0 Å². The minimum atomic E-state index is -1.25. The Morgan fingerprint density at radius 3 is 1.02 bits per heavy atom. The number of carbonyl (C=O) groups is 1. The van der Waals surface area contributed by atoms with Gasteiger partial charge >= 0.3 is 0 Å². The number of unbranched alkanes of at least 4 members (excludes halogenated alkanes) is 36. The molecule has 0 fully saturated rings. The van der Waals surface area contributed by atoms with E-state index in [-0.39, 0.29) is 0 Å². The predicted molar refractivity (Wildman–Crippen MR) is 247 cm³/mol. The molecule has 57 heavy (non-hydrogen) atoms. The van der Waals surface area contributed by atoms with Gasteiger partial charge in [-0.25, -0.2) is 0 Å². The highest BCUT2D eigenvalue weighted by Crippen LogP contribution is 2.17. The summed E-state index contributed by atoms with van der Waals surface area (Å²) in [6.45, 7) is 4.04. The van der Waals surface area contributed by atoms with Crippen LogP contribution >= 0.6 is 0 Å². The van der Waals surface area contributed by atoms with E-state index in [1.54, 1.807) is 0 Å². The monoisotopic (exact) mass is 808 g/mol. The van der Waals surface area contributed by atoms with Gasteiger partial charge in [-0.15, -0.1) is 0 Å². The summed E-state index contributed by atoms with van der Waals surface area (Å²) in [5.74, 6) is -0.582. The largest absolute Gasteiger partial charge is 0.394 e. The lowest BCUT2D eigenvalue weighted by atomic mass is 9.99. The van der Waals surface area contributed by atoms with Crippen molar-refractivity contribution < 1.29 is 25.2 Å². The Kier molecular flexibility index (Phi) is 45.4. The van der Waals surface area contributed by atoms with Crippen molar-refractivity contribution in [2.75, 3.05) is 6.61 Å². The minimum Gasteiger partial charge on any atom is -0.394 e. The van der Waals surface area contributed by atoms with Crippen LogP contribution in [0, 0.1) is 0 Å². The summed E-state index contributed by atoms with van der Waals surface area (Å²) in [5, 5.41) is 43.6. The van der Waals surface area contributed by atoms with Crippen molar-refractivity contribution in [1.82, 2.24) is 5.32 Å². The molecule has 0 aliphatic rings. The smallest absolute Gasteiger partial charge is 0.249 e. The third-order valence-corrected chi connectivity index (χ3v) is 12.2. The number of hydrogen-bond donors (Lipinski definition) is 5. The van der Waals surface area contributed by atoms with Crippen LogP contribution in [0.15, 0.2) is 12.2 Å². The Hall–Kier alpha value is -0.950. The first-order valence-electron chi connectivity index (χ1n) is 25.6. The van der Waals surface area contributed by atoms with Crippen molar-refractivity contribution in [3.05, 3.63) is 12.2 Å². The van der Waals surface area contributed by atoms with Gasteiger partial charge in [-0.3, -0.25) is 4.79 Å². The molecule has 0 spiro atoms. The van der Waals surface area contributed by atoms with E-state index in [0.29, 0.717) is 12.8 Å². The molecule has 0 aromatic rings. The Labute approximate surface area is 355 Å². The van der Waals surface area contributed by atoms with Crippen LogP contribution < -0.4 is 5.32 Å². The average Bonchev–Trinajstić information content (AvgIpc) is 3.22. The molecule has 6 nitrogen and oxygen atoms in total. The van der Waals surface area contributed by atoms with Crippen LogP contribution in [0.3, 0.4) is 0 Å². The molecule has 0 aromatic heterocycles. The number of carbonyl (C=O) groups excluding carboxylic acids is 1. The lowest BCUT2D eigenvalue weighted by molar-refractivity contribution is -0.132. The van der Waals surface area contributed by atoms with E-state index in [1.807, 2.05) is 0 Å². The number of allylic oxidation sites excluding steroid dienone is 2. The third kappa shape index (κ3) is 40.2. The van der Waals surface area contributed by atoms with E-state index < -0.39 is 36.9 Å². The van der Waals surface area contributed by atoms with E-state index >= 15 is 0 Å². The van der Waals surface area contributed by atoms with E-state index in [2.05, 4.69) is 31.3 Å². The first-order valence-corrected chi connectivity index (χ1v) is 25.6. The van der Waals surface area contributed by atoms with Gasteiger partial charge in [0.15, 0.2) is 0 Å². The average molecular weight is 808 g/mol. The van der Waals surface area contributed by atoms with Crippen LogP contribution in [0.4, 0.5) is 0 Å². The van der Waals surface area contributed by atoms with Gasteiger partial charge in [-0.2, -0.15) is 0 Å². The summed E-state index contributed by atoms with van der Waals surface area (Å²) >= 11 is 0. The first-order chi connectivity index (χ1) is 28.0. The molecule has 1 amide bonds. The van der Waals surface area contributed by atoms with Gasteiger partial charge in [0.2, 0.25) is 5.91 Å². The topological polar surface area (TPSA) is 110 Å². The molecular formula is C51H101NO5. The van der Waals surface area contributed by atoms with Crippen molar-refractivity contribution in [3.8, 4) is 0 Å². The summed E-state index contributed by atoms with van der Waals surface area (Å²) in [7, 11) is 0. The standard InChI is InChI=1S/C51H101NO5/c1-3-5-7-9-11-13-14-15-16-17-18-19-20-21-22-23-24-25-26-27-28-29-30-31-32-33-34-35-37-39-41-43-45-49(55)51(57)52-47(46-53)50(56)48(54)44-42-40-38-36-12-10-8-6-4-2/h21-22,47-50,53-56H,3-20,23-46H2,1-2H3,(H,52,57)/b22-21-. The van der Waals surface area contributed by atoms with Gasteiger partial charge in [0.05, 0.1) is 18.8 Å². The van der Waals surface area contributed by atoms with E-state index in [4.69, 9.17) is 0 Å². The lowest BCUT2D eigenvalue weighted by Crippen LogP contribution is -2.53. The summed E-state index contributed by atoms with van der Waals surface area (Å²) in [4.78, 5) is 12.5. The van der Waals surface area contributed by atoms with Crippen molar-refractivity contribution in [2.45, 2.75) is 301 Å². The van der Waals surface area contributed by atoms with E-state index in [1.165, 1.54) is 212 Å². The molecule has 0 aromatic carbocycles. The van der Waals surface area contributed by atoms with Gasteiger partial charge in [0.25, 0.3) is 0 Å². The van der Waals surface area contributed by atoms with Crippen molar-refractivity contribution >= 4 is 5.91 Å². The fourth-order valence-corrected chi connectivity index (χ4v) is 8.17. The number of rotatable bonds is 47. The normalized spacial score (nSPS) is 14.0. The summed E-state index contributed by atoms with van der Waals surface area (Å²) < 4.78 is 0. The molecule has 4 atom stereocenters. The number of hydrogen-bond acceptors (Lipinski definition) is 5. The zero-order valence-electron chi connectivity index (χ0n) is 38.4. The molecule has 0 radical (unpaired) electrons. The van der Waals surface area contributed by atoms with Crippen LogP contribution in [-0.2, 0) is 4.79 Å². The van der Waals surface area contributed by atoms with Crippen molar-refractivity contribution in [3.63, 3.8) is 0 Å².